The second-order valence-corrected chi connectivity index (χ2v) is 5.46. The highest BCUT2D eigenvalue weighted by Crippen LogP contribution is 2.30. The first-order valence-electron chi connectivity index (χ1n) is 7.08. The molecular formula is C14H26N2O3. The molecule has 19 heavy (non-hydrogen) atoms. The normalized spacial score (nSPS) is 21.4. The fourth-order valence-electron chi connectivity index (χ4n) is 2.47. The maximum atomic E-state index is 12.7. The number of nitrogens with one attached hydrogen (secondary N) is 1. The second kappa shape index (κ2) is 5.90. The van der Waals surface area contributed by atoms with Crippen LogP contribution in [0.1, 0.15) is 47.5 Å². The maximum Gasteiger partial charge on any atom is 0.249 e. The summed E-state index contributed by atoms with van der Waals surface area (Å²) in [7, 11) is 0. The van der Waals surface area contributed by atoms with Crippen LogP contribution in [0.2, 0.25) is 0 Å². The van der Waals surface area contributed by atoms with Crippen molar-refractivity contribution < 1.29 is 14.3 Å². The topological polar surface area (TPSA) is 58.6 Å². The van der Waals surface area contributed by atoms with Gasteiger partial charge < -0.3 is 15.0 Å². The molecule has 1 N–H and O–H groups in total. The van der Waals surface area contributed by atoms with E-state index in [4.69, 9.17) is 4.74 Å². The van der Waals surface area contributed by atoms with E-state index in [2.05, 4.69) is 5.32 Å². The second-order valence-electron chi connectivity index (χ2n) is 5.46. The van der Waals surface area contributed by atoms with E-state index in [-0.39, 0.29) is 11.8 Å². The Kier molecular flexibility index (Phi) is 4.96. The molecule has 0 radical (unpaired) electrons. The van der Waals surface area contributed by atoms with Gasteiger partial charge in [0.25, 0.3) is 0 Å². The molecule has 1 rings (SSSR count). The third-order valence-corrected chi connectivity index (χ3v) is 4.11. The van der Waals surface area contributed by atoms with Crippen LogP contribution in [-0.2, 0) is 14.3 Å². The van der Waals surface area contributed by atoms with Crippen molar-refractivity contribution in [2.45, 2.75) is 58.5 Å². The summed E-state index contributed by atoms with van der Waals surface area (Å²) in [6.07, 6.45) is 1.21. The average Bonchev–Trinajstić information content (AvgIpc) is 2.38. The van der Waals surface area contributed by atoms with Crippen LogP contribution in [0.5, 0.6) is 0 Å². The Morgan fingerprint density at radius 2 is 1.74 bits per heavy atom. The van der Waals surface area contributed by atoms with Gasteiger partial charge in [-0.1, -0.05) is 13.8 Å². The first kappa shape index (κ1) is 16.0. The molecule has 0 atom stereocenters. The fourth-order valence-corrected chi connectivity index (χ4v) is 2.47. The summed E-state index contributed by atoms with van der Waals surface area (Å²) in [6, 6.07) is 0. The quantitative estimate of drug-likeness (QED) is 0.741. The zero-order valence-corrected chi connectivity index (χ0v) is 12.7. The van der Waals surface area contributed by atoms with Gasteiger partial charge in [0.2, 0.25) is 11.8 Å². The number of hydrogen-bond acceptors (Lipinski definition) is 3. The van der Waals surface area contributed by atoms with Gasteiger partial charge in [0.05, 0.1) is 6.61 Å². The smallest absolute Gasteiger partial charge is 0.249 e. The molecular weight excluding hydrogens is 244 g/mol. The van der Waals surface area contributed by atoms with Crippen molar-refractivity contribution in [3.8, 4) is 0 Å². The maximum absolute atomic E-state index is 12.7. The van der Waals surface area contributed by atoms with Crippen molar-refractivity contribution in [3.63, 3.8) is 0 Å². The number of rotatable bonds is 6. The van der Waals surface area contributed by atoms with Gasteiger partial charge in [0, 0.05) is 13.2 Å². The molecule has 5 nitrogen and oxygen atoms in total. The first-order chi connectivity index (χ1) is 8.85. The molecule has 1 saturated heterocycles. The Morgan fingerprint density at radius 1 is 1.16 bits per heavy atom. The number of piperazine rings is 1. The van der Waals surface area contributed by atoms with Crippen LogP contribution in [0.4, 0.5) is 0 Å². The van der Waals surface area contributed by atoms with Crippen LogP contribution in [0.3, 0.4) is 0 Å². The largest absolute Gasteiger partial charge is 0.380 e. The van der Waals surface area contributed by atoms with Gasteiger partial charge in [0.1, 0.15) is 11.1 Å². The molecule has 0 bridgehead atoms. The summed E-state index contributed by atoms with van der Waals surface area (Å²) in [5.74, 6) is -0.0888. The van der Waals surface area contributed by atoms with E-state index in [0.717, 1.165) is 0 Å². The predicted octanol–water partition coefficient (Wildman–Crippen LogP) is 1.32. The lowest BCUT2D eigenvalue weighted by atomic mass is 9.83. The van der Waals surface area contributed by atoms with Crippen LogP contribution in [-0.4, -0.2) is 47.6 Å². The first-order valence-corrected chi connectivity index (χ1v) is 7.08. The van der Waals surface area contributed by atoms with Crippen molar-refractivity contribution in [1.29, 1.82) is 0 Å². The molecule has 0 aromatic rings. The monoisotopic (exact) mass is 270 g/mol. The number of carbonyl (C=O) groups is 2. The lowest BCUT2D eigenvalue weighted by molar-refractivity contribution is -0.162. The Bertz CT molecular complexity index is 349. The van der Waals surface area contributed by atoms with Gasteiger partial charge in [-0.15, -0.1) is 0 Å². The van der Waals surface area contributed by atoms with Crippen LogP contribution in [0.15, 0.2) is 0 Å². The molecule has 0 spiro atoms. The van der Waals surface area contributed by atoms with E-state index in [9.17, 15) is 9.59 Å². The van der Waals surface area contributed by atoms with Crippen LogP contribution >= 0.6 is 0 Å². The minimum Gasteiger partial charge on any atom is -0.380 e. The van der Waals surface area contributed by atoms with Crippen LogP contribution in [0, 0.1) is 0 Å². The Labute approximate surface area is 115 Å². The number of amides is 2. The van der Waals surface area contributed by atoms with Gasteiger partial charge in [-0.05, 0) is 33.6 Å². The SMILES string of the molecule is CCOCCN1C(=O)C(CC)(CC)NC(=O)C1(C)C. The van der Waals surface area contributed by atoms with Crippen LogP contribution in [0.25, 0.3) is 0 Å². The standard InChI is InChI=1S/C14H26N2O3/c1-6-14(7-2)12(18)16(9-10-19-8-3)13(4,5)11(17)15-14/h6-10H2,1-5H3,(H,15,17). The van der Waals surface area contributed by atoms with E-state index >= 15 is 0 Å². The summed E-state index contributed by atoms with van der Waals surface area (Å²) < 4.78 is 5.32. The van der Waals surface area contributed by atoms with E-state index in [1.165, 1.54) is 0 Å². The number of carbonyl (C=O) groups excluding carboxylic acids is 2. The van der Waals surface area contributed by atoms with Crippen molar-refractivity contribution in [1.82, 2.24) is 10.2 Å². The summed E-state index contributed by atoms with van der Waals surface area (Å²) in [6.45, 7) is 10.9. The molecule has 5 heteroatoms. The number of nitrogens with zero attached hydrogens (tertiary/aromatic N) is 1. The van der Waals surface area contributed by atoms with E-state index in [1.807, 2.05) is 20.8 Å². The van der Waals surface area contributed by atoms with Gasteiger partial charge in [-0.2, -0.15) is 0 Å². The molecule has 0 aromatic carbocycles. The summed E-state index contributed by atoms with van der Waals surface area (Å²) >= 11 is 0. The third-order valence-electron chi connectivity index (χ3n) is 4.11. The van der Waals surface area contributed by atoms with E-state index < -0.39 is 11.1 Å². The lowest BCUT2D eigenvalue weighted by Gasteiger charge is -2.49. The molecule has 0 aliphatic carbocycles. The highest BCUT2D eigenvalue weighted by atomic mass is 16.5. The molecule has 1 heterocycles. The van der Waals surface area contributed by atoms with Crippen molar-refractivity contribution in [2.75, 3.05) is 19.8 Å². The minimum atomic E-state index is -0.817. The summed E-state index contributed by atoms with van der Waals surface area (Å²) in [4.78, 5) is 26.7. The molecule has 0 aromatic heterocycles. The van der Waals surface area contributed by atoms with Crippen molar-refractivity contribution in [3.05, 3.63) is 0 Å². The van der Waals surface area contributed by atoms with E-state index in [1.54, 1.807) is 18.7 Å². The number of hydrogen-bond donors (Lipinski definition) is 1. The van der Waals surface area contributed by atoms with Crippen molar-refractivity contribution in [2.24, 2.45) is 0 Å². The molecule has 1 fully saturated rings. The Balaban J connectivity index is 3.00. The molecule has 0 saturated carbocycles. The molecule has 2 amide bonds. The highest BCUT2D eigenvalue weighted by molar-refractivity contribution is 6.01. The molecule has 1 aliphatic rings. The zero-order chi connectivity index (χ0) is 14.7. The minimum absolute atomic E-state index is 0.00167. The van der Waals surface area contributed by atoms with Gasteiger partial charge >= 0.3 is 0 Å². The fraction of sp³-hybridized carbons (Fsp3) is 0.857. The third kappa shape index (κ3) is 2.76. The molecule has 110 valence electrons. The number of ether oxygens (including phenoxy) is 1. The highest BCUT2D eigenvalue weighted by Gasteiger charge is 2.52. The summed E-state index contributed by atoms with van der Waals surface area (Å²) in [5, 5.41) is 2.92. The van der Waals surface area contributed by atoms with E-state index in [0.29, 0.717) is 32.6 Å². The van der Waals surface area contributed by atoms with Gasteiger partial charge in [0.15, 0.2) is 0 Å². The Morgan fingerprint density at radius 3 is 2.21 bits per heavy atom. The molecule has 0 unspecified atom stereocenters. The molecule has 1 aliphatic heterocycles. The van der Waals surface area contributed by atoms with Gasteiger partial charge in [-0.3, -0.25) is 9.59 Å². The van der Waals surface area contributed by atoms with Gasteiger partial charge in [-0.25, -0.2) is 0 Å². The van der Waals surface area contributed by atoms with Crippen molar-refractivity contribution >= 4 is 11.8 Å². The lowest BCUT2D eigenvalue weighted by Crippen LogP contribution is -2.74. The zero-order valence-electron chi connectivity index (χ0n) is 12.7. The average molecular weight is 270 g/mol. The Hall–Kier alpha value is -1.10. The predicted molar refractivity (Wildman–Crippen MR) is 73.7 cm³/mol. The summed E-state index contributed by atoms with van der Waals surface area (Å²) in [5.41, 5.74) is -1.57. The van der Waals surface area contributed by atoms with Crippen LogP contribution < -0.4 is 5.32 Å².